The molecule has 8 heteroatoms. The lowest BCUT2D eigenvalue weighted by Crippen LogP contribution is -2.35. The van der Waals surface area contributed by atoms with Gasteiger partial charge in [0.1, 0.15) is 11.5 Å². The Balaban J connectivity index is 1.78. The van der Waals surface area contributed by atoms with Crippen molar-refractivity contribution in [2.24, 2.45) is 0 Å². The zero-order chi connectivity index (χ0) is 16.7. The van der Waals surface area contributed by atoms with E-state index in [1.165, 1.54) is 24.3 Å². The summed E-state index contributed by atoms with van der Waals surface area (Å²) in [5.74, 6) is -0.241. The van der Waals surface area contributed by atoms with Crippen LogP contribution < -0.4 is 10.1 Å². The monoisotopic (exact) mass is 326 g/mol. The van der Waals surface area contributed by atoms with Gasteiger partial charge in [0.25, 0.3) is 5.91 Å². The van der Waals surface area contributed by atoms with Crippen molar-refractivity contribution in [3.8, 4) is 5.75 Å². The van der Waals surface area contributed by atoms with E-state index in [-0.39, 0.29) is 11.4 Å². The highest BCUT2D eigenvalue weighted by atomic mass is 19.4. The van der Waals surface area contributed by atoms with Crippen LogP contribution in [0.25, 0.3) is 0 Å². The summed E-state index contributed by atoms with van der Waals surface area (Å²) in [5.41, 5.74) is 0.0128. The predicted molar refractivity (Wildman–Crippen MR) is 72.7 cm³/mol. The van der Waals surface area contributed by atoms with Gasteiger partial charge in [0.2, 0.25) is 0 Å². The Kier molecular flexibility index (Phi) is 3.54. The van der Waals surface area contributed by atoms with E-state index in [1.54, 1.807) is 13.0 Å². The van der Waals surface area contributed by atoms with Gasteiger partial charge in [-0.05, 0) is 37.5 Å². The fraction of sp³-hybridized carbons (Fsp3) is 0.333. The van der Waals surface area contributed by atoms with Crippen molar-refractivity contribution < 1.29 is 27.2 Å². The number of aryl methyl sites for hydroxylation is 1. The lowest BCUT2D eigenvalue weighted by molar-refractivity contribution is -0.274. The summed E-state index contributed by atoms with van der Waals surface area (Å²) in [7, 11) is 0. The Labute approximate surface area is 129 Å². The van der Waals surface area contributed by atoms with E-state index in [9.17, 15) is 18.0 Å². The third kappa shape index (κ3) is 3.46. The summed E-state index contributed by atoms with van der Waals surface area (Å²) < 4.78 is 45.7. The fourth-order valence-corrected chi connectivity index (χ4v) is 2.36. The van der Waals surface area contributed by atoms with Crippen molar-refractivity contribution in [2.75, 3.05) is 0 Å². The Bertz CT molecular complexity index is 736. The highest BCUT2D eigenvalue weighted by molar-refractivity contribution is 5.93. The van der Waals surface area contributed by atoms with Crippen LogP contribution in [-0.4, -0.2) is 17.4 Å². The van der Waals surface area contributed by atoms with Crippen molar-refractivity contribution in [2.45, 2.75) is 31.7 Å². The summed E-state index contributed by atoms with van der Waals surface area (Å²) in [6.45, 7) is 1.66. The van der Waals surface area contributed by atoms with Crippen LogP contribution in [0.3, 0.4) is 0 Å². The van der Waals surface area contributed by atoms with Gasteiger partial charge >= 0.3 is 6.36 Å². The number of nitrogens with one attached hydrogen (secondary N) is 1. The second-order valence-corrected chi connectivity index (χ2v) is 5.43. The van der Waals surface area contributed by atoms with Crippen LogP contribution in [0, 0.1) is 6.92 Å². The first kappa shape index (κ1) is 15.4. The molecule has 1 N–H and O–H groups in total. The molecule has 0 bridgehead atoms. The molecule has 1 fully saturated rings. The van der Waals surface area contributed by atoms with Gasteiger partial charge in [0.05, 0.1) is 5.54 Å². The number of ether oxygens (including phenoxy) is 1. The van der Waals surface area contributed by atoms with Gasteiger partial charge in [0.15, 0.2) is 5.69 Å². The minimum Gasteiger partial charge on any atom is -0.406 e. The topological polar surface area (TPSA) is 64.4 Å². The van der Waals surface area contributed by atoms with Crippen LogP contribution in [-0.2, 0) is 5.54 Å². The number of halogens is 3. The summed E-state index contributed by atoms with van der Waals surface area (Å²) in [5, 5.41) is 6.43. The van der Waals surface area contributed by atoms with Gasteiger partial charge in [-0.25, -0.2) is 0 Å². The fourth-order valence-electron chi connectivity index (χ4n) is 2.36. The van der Waals surface area contributed by atoms with E-state index in [0.29, 0.717) is 24.2 Å². The molecule has 1 aromatic carbocycles. The maximum atomic E-state index is 12.3. The van der Waals surface area contributed by atoms with Crippen LogP contribution in [0.5, 0.6) is 5.75 Å². The molecule has 1 aliphatic rings. The van der Waals surface area contributed by atoms with Crippen LogP contribution in [0.2, 0.25) is 0 Å². The van der Waals surface area contributed by atoms with Gasteiger partial charge < -0.3 is 14.6 Å². The first-order valence-electron chi connectivity index (χ1n) is 6.90. The quantitative estimate of drug-likeness (QED) is 0.936. The number of amides is 1. The molecule has 0 atom stereocenters. The van der Waals surface area contributed by atoms with Crippen molar-refractivity contribution in [1.29, 1.82) is 0 Å². The number of aromatic nitrogens is 1. The van der Waals surface area contributed by atoms with Gasteiger partial charge in [-0.3, -0.25) is 4.79 Å². The average Bonchev–Trinajstić information content (AvgIpc) is 3.10. The number of hydrogen-bond acceptors (Lipinski definition) is 4. The van der Waals surface area contributed by atoms with E-state index in [2.05, 4.69) is 15.2 Å². The molecule has 122 valence electrons. The van der Waals surface area contributed by atoms with Crippen molar-refractivity contribution in [3.05, 3.63) is 47.3 Å². The van der Waals surface area contributed by atoms with E-state index in [1.807, 2.05) is 0 Å². The molecule has 5 nitrogen and oxygen atoms in total. The number of rotatable bonds is 4. The molecule has 0 saturated heterocycles. The maximum absolute atomic E-state index is 12.3. The van der Waals surface area contributed by atoms with Gasteiger partial charge in [-0.1, -0.05) is 17.3 Å². The standard InChI is InChI=1S/C15H13F3N2O3/c1-9-7-12(20-23-9)13(21)19-14(5-6-14)10-3-2-4-11(8-10)22-15(16,17)18/h2-4,7-8H,5-6H2,1H3,(H,19,21). The van der Waals surface area contributed by atoms with Crippen molar-refractivity contribution in [3.63, 3.8) is 0 Å². The summed E-state index contributed by atoms with van der Waals surface area (Å²) >= 11 is 0. The molecular formula is C15H13F3N2O3. The van der Waals surface area contributed by atoms with Gasteiger partial charge in [-0.15, -0.1) is 13.2 Å². The largest absolute Gasteiger partial charge is 0.573 e. The van der Waals surface area contributed by atoms with Crippen LogP contribution in [0.1, 0.15) is 34.7 Å². The molecule has 2 aromatic rings. The normalized spacial score (nSPS) is 16.0. The molecule has 0 spiro atoms. The molecule has 1 aromatic heterocycles. The third-order valence-electron chi connectivity index (χ3n) is 3.58. The van der Waals surface area contributed by atoms with Crippen molar-refractivity contribution >= 4 is 5.91 Å². The Morgan fingerprint density at radius 2 is 2.09 bits per heavy atom. The zero-order valence-corrected chi connectivity index (χ0v) is 12.1. The molecular weight excluding hydrogens is 313 g/mol. The minimum absolute atomic E-state index is 0.136. The van der Waals surface area contributed by atoms with E-state index in [4.69, 9.17) is 4.52 Å². The van der Waals surface area contributed by atoms with E-state index >= 15 is 0 Å². The Hall–Kier alpha value is -2.51. The molecule has 0 radical (unpaired) electrons. The van der Waals surface area contributed by atoms with Crippen molar-refractivity contribution in [1.82, 2.24) is 10.5 Å². The second kappa shape index (κ2) is 5.29. The highest BCUT2D eigenvalue weighted by Crippen LogP contribution is 2.46. The maximum Gasteiger partial charge on any atom is 0.573 e. The molecule has 1 saturated carbocycles. The zero-order valence-electron chi connectivity index (χ0n) is 12.1. The molecule has 0 unspecified atom stereocenters. The molecule has 3 rings (SSSR count). The number of nitrogens with zero attached hydrogens (tertiary/aromatic N) is 1. The first-order valence-corrected chi connectivity index (χ1v) is 6.90. The Morgan fingerprint density at radius 3 is 2.65 bits per heavy atom. The first-order chi connectivity index (χ1) is 10.8. The number of hydrogen-bond donors (Lipinski definition) is 1. The van der Waals surface area contributed by atoms with E-state index < -0.39 is 17.8 Å². The summed E-state index contributed by atoms with van der Waals surface area (Å²) in [4.78, 5) is 12.2. The smallest absolute Gasteiger partial charge is 0.406 e. The summed E-state index contributed by atoms with van der Waals surface area (Å²) in [6.07, 6.45) is -3.49. The highest BCUT2D eigenvalue weighted by Gasteiger charge is 2.46. The predicted octanol–water partition coefficient (Wildman–Crippen LogP) is 3.30. The molecule has 1 heterocycles. The SMILES string of the molecule is Cc1cc(C(=O)NC2(c3cccc(OC(F)(F)F)c3)CC2)no1. The molecule has 23 heavy (non-hydrogen) atoms. The minimum atomic E-state index is -4.75. The average molecular weight is 326 g/mol. The number of alkyl halides is 3. The second-order valence-electron chi connectivity index (χ2n) is 5.43. The van der Waals surface area contributed by atoms with Gasteiger partial charge in [0, 0.05) is 6.07 Å². The van der Waals surface area contributed by atoms with E-state index in [0.717, 1.165) is 0 Å². The lowest BCUT2D eigenvalue weighted by Gasteiger charge is -2.18. The summed E-state index contributed by atoms with van der Waals surface area (Å²) in [6, 6.07) is 7.12. The molecule has 1 amide bonds. The Morgan fingerprint density at radius 1 is 1.35 bits per heavy atom. The molecule has 0 aliphatic heterocycles. The lowest BCUT2D eigenvalue weighted by atomic mass is 10.0. The number of carbonyl (C=O) groups excluding carboxylic acids is 1. The van der Waals surface area contributed by atoms with Crippen LogP contribution >= 0.6 is 0 Å². The number of benzene rings is 1. The van der Waals surface area contributed by atoms with Crippen LogP contribution in [0.15, 0.2) is 34.9 Å². The van der Waals surface area contributed by atoms with Crippen LogP contribution in [0.4, 0.5) is 13.2 Å². The molecule has 1 aliphatic carbocycles. The number of carbonyl (C=O) groups is 1. The third-order valence-corrected chi connectivity index (χ3v) is 3.58. The van der Waals surface area contributed by atoms with Gasteiger partial charge in [-0.2, -0.15) is 0 Å².